The molecule has 0 N–H and O–H groups in total. The summed E-state index contributed by atoms with van der Waals surface area (Å²) in [7, 11) is 0. The maximum atomic E-state index is 12.7. The molecule has 0 saturated heterocycles. The average molecular weight is 368 g/mol. The van der Waals surface area contributed by atoms with Crippen LogP contribution in [-0.4, -0.2) is 21.8 Å². The summed E-state index contributed by atoms with van der Waals surface area (Å²) in [4.78, 5) is 18.6. The summed E-state index contributed by atoms with van der Waals surface area (Å²) in [5.74, 6) is -0.0996. The summed E-state index contributed by atoms with van der Waals surface area (Å²) in [6.45, 7) is 4.47. The van der Waals surface area contributed by atoms with Crippen molar-refractivity contribution in [3.05, 3.63) is 63.3 Å². The third-order valence-corrected chi connectivity index (χ3v) is 3.96. The van der Waals surface area contributed by atoms with E-state index in [1.807, 2.05) is 44.2 Å². The zero-order chi connectivity index (χ0) is 15.4. The third-order valence-electron chi connectivity index (χ3n) is 3.09. The van der Waals surface area contributed by atoms with Gasteiger partial charge >= 0.3 is 0 Å². The number of hydrogen-bond donors (Lipinski definition) is 0. The molecular weight excluding hydrogens is 352 g/mol. The quantitative estimate of drug-likeness (QED) is 0.794. The van der Waals surface area contributed by atoms with Gasteiger partial charge in [0.2, 0.25) is 0 Å². The van der Waals surface area contributed by atoms with E-state index in [1.165, 1.54) is 0 Å². The van der Waals surface area contributed by atoms with E-state index in [1.54, 1.807) is 17.2 Å². The molecular formula is C16H16BrClN2O. The summed E-state index contributed by atoms with van der Waals surface area (Å²) >= 11 is 9.39. The summed E-state index contributed by atoms with van der Waals surface area (Å²) in [5, 5.41) is 0.669. The number of pyridine rings is 1. The lowest BCUT2D eigenvalue weighted by Crippen LogP contribution is -2.37. The Morgan fingerprint density at radius 2 is 2.10 bits per heavy atom. The zero-order valence-electron chi connectivity index (χ0n) is 11.9. The second-order valence-corrected chi connectivity index (χ2v) is 6.28. The first-order chi connectivity index (χ1) is 9.99. The fraction of sp³-hybridized carbons (Fsp3) is 0.250. The second-order valence-electron chi connectivity index (χ2n) is 4.99. The molecule has 1 aromatic carbocycles. The molecule has 0 unspecified atom stereocenters. The topological polar surface area (TPSA) is 33.2 Å². The monoisotopic (exact) mass is 366 g/mol. The van der Waals surface area contributed by atoms with Gasteiger partial charge < -0.3 is 4.90 Å². The van der Waals surface area contributed by atoms with Gasteiger partial charge in [-0.25, -0.2) is 4.98 Å². The van der Waals surface area contributed by atoms with Crippen molar-refractivity contribution in [2.75, 3.05) is 0 Å². The average Bonchev–Trinajstić information content (AvgIpc) is 2.44. The molecule has 1 amide bonds. The second kappa shape index (κ2) is 7.05. The third kappa shape index (κ3) is 4.05. The van der Waals surface area contributed by atoms with Crippen LogP contribution in [-0.2, 0) is 6.54 Å². The van der Waals surface area contributed by atoms with E-state index < -0.39 is 0 Å². The van der Waals surface area contributed by atoms with Crippen molar-refractivity contribution in [2.24, 2.45) is 0 Å². The minimum absolute atomic E-state index is 0.0605. The highest BCUT2D eigenvalue weighted by molar-refractivity contribution is 9.10. The Balaban J connectivity index is 2.27. The molecule has 0 aliphatic carbocycles. The molecule has 0 aliphatic rings. The highest BCUT2D eigenvalue weighted by atomic mass is 79.9. The molecule has 0 bridgehead atoms. The van der Waals surface area contributed by atoms with E-state index in [4.69, 9.17) is 11.6 Å². The SMILES string of the molecule is CC(C)N(Cc1cccc(Cl)c1)C(=O)c1ncccc1Br. The fourth-order valence-electron chi connectivity index (χ4n) is 2.00. The number of aromatic nitrogens is 1. The van der Waals surface area contributed by atoms with Crippen LogP contribution in [0.1, 0.15) is 29.9 Å². The van der Waals surface area contributed by atoms with E-state index in [2.05, 4.69) is 20.9 Å². The number of carbonyl (C=O) groups is 1. The molecule has 0 atom stereocenters. The van der Waals surface area contributed by atoms with Crippen LogP contribution in [0.2, 0.25) is 5.02 Å². The van der Waals surface area contributed by atoms with Gasteiger partial charge in [-0.1, -0.05) is 23.7 Å². The lowest BCUT2D eigenvalue weighted by Gasteiger charge is -2.27. The molecule has 2 aromatic rings. The Morgan fingerprint density at radius 3 is 2.71 bits per heavy atom. The van der Waals surface area contributed by atoms with E-state index in [9.17, 15) is 4.79 Å². The number of halogens is 2. The van der Waals surface area contributed by atoms with Crippen molar-refractivity contribution in [3.8, 4) is 0 Å². The van der Waals surface area contributed by atoms with Crippen LogP contribution in [0, 0.1) is 0 Å². The maximum Gasteiger partial charge on any atom is 0.274 e. The molecule has 0 radical (unpaired) electrons. The first-order valence-electron chi connectivity index (χ1n) is 6.65. The molecule has 2 rings (SSSR count). The van der Waals surface area contributed by atoms with Crippen molar-refractivity contribution in [3.63, 3.8) is 0 Å². The lowest BCUT2D eigenvalue weighted by molar-refractivity contribution is 0.0683. The van der Waals surface area contributed by atoms with E-state index in [-0.39, 0.29) is 11.9 Å². The van der Waals surface area contributed by atoms with Crippen molar-refractivity contribution >= 4 is 33.4 Å². The number of hydrogen-bond acceptors (Lipinski definition) is 2. The normalized spacial score (nSPS) is 10.7. The van der Waals surface area contributed by atoms with Crippen LogP contribution in [0.3, 0.4) is 0 Å². The molecule has 1 heterocycles. The lowest BCUT2D eigenvalue weighted by atomic mass is 10.1. The van der Waals surface area contributed by atoms with Crippen molar-refractivity contribution in [2.45, 2.75) is 26.4 Å². The smallest absolute Gasteiger partial charge is 0.274 e. The first kappa shape index (κ1) is 16.0. The van der Waals surface area contributed by atoms with E-state index in [0.717, 1.165) is 5.56 Å². The van der Waals surface area contributed by atoms with Crippen LogP contribution >= 0.6 is 27.5 Å². The highest BCUT2D eigenvalue weighted by Gasteiger charge is 2.22. The van der Waals surface area contributed by atoms with Gasteiger partial charge in [-0.15, -0.1) is 0 Å². The first-order valence-corrected chi connectivity index (χ1v) is 7.82. The van der Waals surface area contributed by atoms with Crippen LogP contribution in [0.25, 0.3) is 0 Å². The van der Waals surface area contributed by atoms with Crippen LogP contribution in [0.4, 0.5) is 0 Å². The van der Waals surface area contributed by atoms with Crippen molar-refractivity contribution in [1.82, 2.24) is 9.88 Å². The van der Waals surface area contributed by atoms with Gasteiger partial charge in [0.15, 0.2) is 0 Å². The molecule has 0 spiro atoms. The van der Waals surface area contributed by atoms with Gasteiger partial charge in [0.25, 0.3) is 5.91 Å². The minimum Gasteiger partial charge on any atom is -0.331 e. The van der Waals surface area contributed by atoms with Crippen molar-refractivity contribution < 1.29 is 4.79 Å². The van der Waals surface area contributed by atoms with Gasteiger partial charge in [0.1, 0.15) is 5.69 Å². The van der Waals surface area contributed by atoms with Gasteiger partial charge in [0.05, 0.1) is 0 Å². The number of carbonyl (C=O) groups excluding carboxylic acids is 1. The Labute approximate surface area is 138 Å². The maximum absolute atomic E-state index is 12.7. The van der Waals surface area contributed by atoms with Gasteiger partial charge in [-0.05, 0) is 59.6 Å². The molecule has 21 heavy (non-hydrogen) atoms. The fourth-order valence-corrected chi connectivity index (χ4v) is 2.64. The number of rotatable bonds is 4. The number of amides is 1. The zero-order valence-corrected chi connectivity index (χ0v) is 14.2. The standard InChI is InChI=1S/C16H16BrClN2O/c1-11(2)20(10-12-5-3-6-13(18)9-12)16(21)15-14(17)7-4-8-19-15/h3-9,11H,10H2,1-2H3. The Morgan fingerprint density at radius 1 is 1.33 bits per heavy atom. The van der Waals surface area contributed by atoms with Gasteiger partial charge in [-0.2, -0.15) is 0 Å². The van der Waals surface area contributed by atoms with Gasteiger partial charge in [-0.3, -0.25) is 4.79 Å². The summed E-state index contributed by atoms with van der Waals surface area (Å²) < 4.78 is 0.701. The van der Waals surface area contributed by atoms with Crippen LogP contribution in [0.15, 0.2) is 47.1 Å². The van der Waals surface area contributed by atoms with Crippen LogP contribution < -0.4 is 0 Å². The summed E-state index contributed by atoms with van der Waals surface area (Å²) in [5.41, 5.74) is 1.42. The van der Waals surface area contributed by atoms with Crippen LogP contribution in [0.5, 0.6) is 0 Å². The molecule has 0 aliphatic heterocycles. The minimum atomic E-state index is -0.0996. The largest absolute Gasteiger partial charge is 0.331 e. The number of benzene rings is 1. The summed E-state index contributed by atoms with van der Waals surface area (Å²) in [6.07, 6.45) is 1.62. The summed E-state index contributed by atoms with van der Waals surface area (Å²) in [6, 6.07) is 11.2. The van der Waals surface area contributed by atoms with Crippen molar-refractivity contribution in [1.29, 1.82) is 0 Å². The predicted octanol–water partition coefficient (Wildman–Crippen LogP) is 4.55. The predicted molar refractivity (Wildman–Crippen MR) is 88.4 cm³/mol. The highest BCUT2D eigenvalue weighted by Crippen LogP contribution is 2.19. The molecule has 1 aromatic heterocycles. The Bertz CT molecular complexity index is 646. The molecule has 110 valence electrons. The molecule has 0 fully saturated rings. The van der Waals surface area contributed by atoms with Gasteiger partial charge in [0, 0.05) is 28.3 Å². The molecule has 0 saturated carbocycles. The number of nitrogens with zero attached hydrogens (tertiary/aromatic N) is 2. The molecule has 5 heteroatoms. The Kier molecular flexibility index (Phi) is 5.37. The van der Waals surface area contributed by atoms with E-state index in [0.29, 0.717) is 21.7 Å². The molecule has 3 nitrogen and oxygen atoms in total. The van der Waals surface area contributed by atoms with E-state index >= 15 is 0 Å². The Hall–Kier alpha value is -1.39.